The summed E-state index contributed by atoms with van der Waals surface area (Å²) in [7, 11) is 0. The Bertz CT molecular complexity index is 353. The molecule has 0 radical (unpaired) electrons. The van der Waals surface area contributed by atoms with Gasteiger partial charge >= 0.3 is 0 Å². The highest BCUT2D eigenvalue weighted by Gasteiger charge is 2.17. The molecular formula is C11H12N2O. The minimum atomic E-state index is 0.439. The molecule has 1 aromatic heterocycles. The van der Waals surface area contributed by atoms with Crippen LogP contribution in [-0.4, -0.2) is 11.1 Å². The molecule has 1 heterocycles. The summed E-state index contributed by atoms with van der Waals surface area (Å²) in [5, 5.41) is 8.64. The molecule has 0 saturated heterocycles. The van der Waals surface area contributed by atoms with E-state index in [4.69, 9.17) is 10.00 Å². The Morgan fingerprint density at radius 1 is 1.57 bits per heavy atom. The lowest BCUT2D eigenvalue weighted by atomic mass is 9.96. The molecule has 0 bridgehead atoms. The van der Waals surface area contributed by atoms with Crippen molar-refractivity contribution in [2.75, 3.05) is 0 Å². The molecule has 1 aliphatic carbocycles. The van der Waals surface area contributed by atoms with Crippen molar-refractivity contribution in [2.24, 2.45) is 0 Å². The Labute approximate surface area is 83.3 Å². The van der Waals surface area contributed by atoms with Crippen molar-refractivity contribution in [3.63, 3.8) is 0 Å². The average Bonchev–Trinajstić information content (AvgIpc) is 2.16. The fourth-order valence-electron chi connectivity index (χ4n) is 1.38. The van der Waals surface area contributed by atoms with Crippen LogP contribution in [0.25, 0.3) is 0 Å². The second-order valence-corrected chi connectivity index (χ2v) is 3.53. The van der Waals surface area contributed by atoms with Crippen molar-refractivity contribution in [3.8, 4) is 6.07 Å². The van der Waals surface area contributed by atoms with Gasteiger partial charge in [0, 0.05) is 6.20 Å². The van der Waals surface area contributed by atoms with Crippen LogP contribution in [0.1, 0.15) is 30.5 Å². The quantitative estimate of drug-likeness (QED) is 0.729. The van der Waals surface area contributed by atoms with Gasteiger partial charge in [-0.3, -0.25) is 0 Å². The predicted octanol–water partition coefficient (Wildman–Crippen LogP) is 2.02. The van der Waals surface area contributed by atoms with E-state index in [2.05, 4.69) is 4.98 Å². The van der Waals surface area contributed by atoms with E-state index < -0.39 is 0 Å². The number of ether oxygens (including phenoxy) is 1. The van der Waals surface area contributed by atoms with Gasteiger partial charge in [0.1, 0.15) is 11.8 Å². The van der Waals surface area contributed by atoms with E-state index in [1.54, 1.807) is 12.3 Å². The van der Waals surface area contributed by atoms with E-state index >= 15 is 0 Å². The lowest BCUT2D eigenvalue weighted by Crippen LogP contribution is -2.21. The van der Waals surface area contributed by atoms with Gasteiger partial charge in [-0.15, -0.1) is 0 Å². The van der Waals surface area contributed by atoms with Crippen LogP contribution in [0.2, 0.25) is 0 Å². The Morgan fingerprint density at radius 3 is 3.07 bits per heavy atom. The normalized spacial score (nSPS) is 15.9. The van der Waals surface area contributed by atoms with E-state index in [0.29, 0.717) is 18.4 Å². The van der Waals surface area contributed by atoms with Crippen LogP contribution in [0.3, 0.4) is 0 Å². The SMILES string of the molecule is N#Cc1cc(COC2CCC2)ccn1. The number of pyridine rings is 1. The highest BCUT2D eigenvalue weighted by Crippen LogP contribution is 2.22. The maximum absolute atomic E-state index is 8.64. The molecule has 1 saturated carbocycles. The summed E-state index contributed by atoms with van der Waals surface area (Å²) in [5.41, 5.74) is 1.49. The molecule has 0 aromatic carbocycles. The van der Waals surface area contributed by atoms with Crippen LogP contribution in [0.5, 0.6) is 0 Å². The number of nitriles is 1. The third kappa shape index (κ3) is 2.09. The zero-order valence-electron chi connectivity index (χ0n) is 7.94. The summed E-state index contributed by atoms with van der Waals surface area (Å²) in [5.74, 6) is 0. The molecule has 1 aliphatic rings. The monoisotopic (exact) mass is 188 g/mol. The molecule has 0 N–H and O–H groups in total. The first kappa shape index (κ1) is 9.17. The van der Waals surface area contributed by atoms with Crippen molar-refractivity contribution >= 4 is 0 Å². The number of hydrogen-bond donors (Lipinski definition) is 0. The average molecular weight is 188 g/mol. The minimum Gasteiger partial charge on any atom is -0.374 e. The molecule has 0 aliphatic heterocycles. The summed E-state index contributed by atoms with van der Waals surface area (Å²) in [6.07, 6.45) is 5.73. The lowest BCUT2D eigenvalue weighted by Gasteiger charge is -2.25. The number of hydrogen-bond acceptors (Lipinski definition) is 3. The Hall–Kier alpha value is -1.40. The van der Waals surface area contributed by atoms with Gasteiger partial charge in [0.25, 0.3) is 0 Å². The molecular weight excluding hydrogens is 176 g/mol. The Balaban J connectivity index is 1.91. The van der Waals surface area contributed by atoms with Crippen molar-refractivity contribution < 1.29 is 4.74 Å². The zero-order chi connectivity index (χ0) is 9.80. The zero-order valence-corrected chi connectivity index (χ0v) is 7.94. The van der Waals surface area contributed by atoms with E-state index in [0.717, 1.165) is 5.56 Å². The van der Waals surface area contributed by atoms with Gasteiger partial charge in [0.2, 0.25) is 0 Å². The van der Waals surface area contributed by atoms with E-state index in [9.17, 15) is 0 Å². The fourth-order valence-corrected chi connectivity index (χ4v) is 1.38. The summed E-state index contributed by atoms with van der Waals surface area (Å²) < 4.78 is 5.63. The molecule has 0 unspecified atom stereocenters. The molecule has 3 nitrogen and oxygen atoms in total. The largest absolute Gasteiger partial charge is 0.374 e. The summed E-state index contributed by atoms with van der Waals surface area (Å²) in [6, 6.07) is 5.68. The van der Waals surface area contributed by atoms with Crippen molar-refractivity contribution in [2.45, 2.75) is 32.0 Å². The van der Waals surface area contributed by atoms with Crippen LogP contribution in [0, 0.1) is 11.3 Å². The van der Waals surface area contributed by atoms with Gasteiger partial charge in [-0.25, -0.2) is 4.98 Å². The standard InChI is InChI=1S/C11H12N2O/c12-7-10-6-9(4-5-13-10)8-14-11-2-1-3-11/h4-6,11H,1-3,8H2. The highest BCUT2D eigenvalue weighted by atomic mass is 16.5. The number of nitrogens with zero attached hydrogens (tertiary/aromatic N) is 2. The Morgan fingerprint density at radius 2 is 2.43 bits per heavy atom. The van der Waals surface area contributed by atoms with Crippen LogP contribution in [0.15, 0.2) is 18.3 Å². The second kappa shape index (κ2) is 4.21. The summed E-state index contributed by atoms with van der Waals surface area (Å²) in [4.78, 5) is 3.90. The molecule has 1 fully saturated rings. The van der Waals surface area contributed by atoms with E-state index in [1.165, 1.54) is 19.3 Å². The van der Waals surface area contributed by atoms with Gasteiger partial charge in [0.15, 0.2) is 0 Å². The number of rotatable bonds is 3. The first-order chi connectivity index (χ1) is 6.88. The molecule has 3 heteroatoms. The third-order valence-electron chi connectivity index (χ3n) is 2.48. The predicted molar refractivity (Wildman–Crippen MR) is 51.4 cm³/mol. The first-order valence-electron chi connectivity index (χ1n) is 4.85. The van der Waals surface area contributed by atoms with Crippen molar-refractivity contribution in [1.82, 2.24) is 4.98 Å². The lowest BCUT2D eigenvalue weighted by molar-refractivity contribution is -0.00869. The van der Waals surface area contributed by atoms with Crippen LogP contribution < -0.4 is 0 Å². The van der Waals surface area contributed by atoms with Crippen LogP contribution in [-0.2, 0) is 11.3 Å². The van der Waals surface area contributed by atoms with Gasteiger partial charge < -0.3 is 4.74 Å². The van der Waals surface area contributed by atoms with Gasteiger partial charge in [-0.1, -0.05) is 0 Å². The van der Waals surface area contributed by atoms with Gasteiger partial charge in [-0.05, 0) is 37.0 Å². The summed E-state index contributed by atoms with van der Waals surface area (Å²) >= 11 is 0. The van der Waals surface area contributed by atoms with Gasteiger partial charge in [-0.2, -0.15) is 5.26 Å². The second-order valence-electron chi connectivity index (χ2n) is 3.53. The molecule has 0 atom stereocenters. The molecule has 1 aromatic rings. The molecule has 72 valence electrons. The van der Waals surface area contributed by atoms with Crippen molar-refractivity contribution in [1.29, 1.82) is 5.26 Å². The highest BCUT2D eigenvalue weighted by molar-refractivity contribution is 5.24. The van der Waals surface area contributed by atoms with Crippen LogP contribution >= 0.6 is 0 Å². The molecule has 2 rings (SSSR count). The maximum atomic E-state index is 8.64. The third-order valence-corrected chi connectivity index (χ3v) is 2.48. The first-order valence-corrected chi connectivity index (χ1v) is 4.85. The molecule has 0 spiro atoms. The van der Waals surface area contributed by atoms with Crippen LogP contribution in [0.4, 0.5) is 0 Å². The molecule has 0 amide bonds. The van der Waals surface area contributed by atoms with Gasteiger partial charge in [0.05, 0.1) is 12.7 Å². The Kier molecular flexibility index (Phi) is 2.76. The van der Waals surface area contributed by atoms with E-state index in [1.807, 2.05) is 12.1 Å². The summed E-state index contributed by atoms with van der Waals surface area (Å²) in [6.45, 7) is 0.599. The smallest absolute Gasteiger partial charge is 0.140 e. The maximum Gasteiger partial charge on any atom is 0.140 e. The topological polar surface area (TPSA) is 45.9 Å². The minimum absolute atomic E-state index is 0.439. The van der Waals surface area contributed by atoms with Crippen molar-refractivity contribution in [3.05, 3.63) is 29.6 Å². The fraction of sp³-hybridized carbons (Fsp3) is 0.455. The van der Waals surface area contributed by atoms with E-state index in [-0.39, 0.29) is 0 Å². The number of aromatic nitrogens is 1. The molecule has 14 heavy (non-hydrogen) atoms.